The fourth-order valence-corrected chi connectivity index (χ4v) is 2.04. The van der Waals surface area contributed by atoms with Crippen LogP contribution in [0.25, 0.3) is 0 Å². The van der Waals surface area contributed by atoms with Gasteiger partial charge in [0.1, 0.15) is 6.10 Å². The molecule has 0 spiro atoms. The molecule has 116 valence electrons. The minimum absolute atomic E-state index is 0. The zero-order valence-corrected chi connectivity index (χ0v) is 13.0. The predicted octanol–water partition coefficient (Wildman–Crippen LogP) is 1.65. The number of nitrogens with one attached hydrogen (secondary N) is 3. The highest BCUT2D eigenvalue weighted by Gasteiger charge is 2.22. The Bertz CT molecular complexity index is 519. The van der Waals surface area contributed by atoms with Gasteiger partial charge in [0, 0.05) is 25.0 Å². The van der Waals surface area contributed by atoms with Crippen molar-refractivity contribution in [2.24, 2.45) is 0 Å². The number of hydrogen-bond acceptors (Lipinski definition) is 4. The lowest BCUT2D eigenvalue weighted by atomic mass is 10.2. The molecular weight excluding hydrogens is 317 g/mol. The van der Waals surface area contributed by atoms with Crippen LogP contribution < -0.4 is 16.0 Å². The first kappa shape index (κ1) is 17.7. The summed E-state index contributed by atoms with van der Waals surface area (Å²) in [7, 11) is 0. The van der Waals surface area contributed by atoms with Gasteiger partial charge in [0.15, 0.2) is 0 Å². The summed E-state index contributed by atoms with van der Waals surface area (Å²) in [5.41, 5.74) is 0.950. The second-order valence-corrected chi connectivity index (χ2v) is 4.86. The zero-order valence-electron chi connectivity index (χ0n) is 11.4. The van der Waals surface area contributed by atoms with Gasteiger partial charge in [-0.15, -0.1) is 12.4 Å². The Hall–Kier alpha value is -1.34. The molecule has 3 N–H and O–H groups in total. The predicted molar refractivity (Wildman–Crippen MR) is 84.2 cm³/mol. The van der Waals surface area contributed by atoms with Gasteiger partial charge in [0.05, 0.1) is 18.0 Å². The number of carbonyl (C=O) groups is 2. The Kier molecular flexibility index (Phi) is 6.91. The highest BCUT2D eigenvalue weighted by molar-refractivity contribution is 6.31. The molecule has 0 aromatic heterocycles. The lowest BCUT2D eigenvalue weighted by molar-refractivity contribution is -0.128. The van der Waals surface area contributed by atoms with E-state index in [0.29, 0.717) is 29.5 Å². The molecule has 2 amide bonds. The van der Waals surface area contributed by atoms with Gasteiger partial charge in [-0.25, -0.2) is 0 Å². The second-order valence-electron chi connectivity index (χ2n) is 4.42. The van der Waals surface area contributed by atoms with Crippen molar-refractivity contribution in [1.82, 2.24) is 5.32 Å². The van der Waals surface area contributed by atoms with Crippen molar-refractivity contribution < 1.29 is 14.3 Å². The van der Waals surface area contributed by atoms with Crippen molar-refractivity contribution >= 4 is 47.2 Å². The molecule has 0 aliphatic carbocycles. The fourth-order valence-electron chi connectivity index (χ4n) is 1.87. The number of rotatable bonds is 3. The van der Waals surface area contributed by atoms with E-state index in [2.05, 4.69) is 16.0 Å². The van der Waals surface area contributed by atoms with Crippen molar-refractivity contribution in [1.29, 1.82) is 0 Å². The third-order valence-corrected chi connectivity index (χ3v) is 3.01. The molecule has 1 fully saturated rings. The third-order valence-electron chi connectivity index (χ3n) is 2.77. The number of ether oxygens (including phenoxy) is 1. The number of carbonyl (C=O) groups excluding carboxylic acids is 2. The van der Waals surface area contributed by atoms with E-state index >= 15 is 0 Å². The number of morpholine rings is 1. The van der Waals surface area contributed by atoms with Gasteiger partial charge in [0.2, 0.25) is 5.91 Å². The molecule has 1 heterocycles. The summed E-state index contributed by atoms with van der Waals surface area (Å²) < 4.78 is 5.37. The Morgan fingerprint density at radius 2 is 2.10 bits per heavy atom. The lowest BCUT2D eigenvalue weighted by Gasteiger charge is -2.23. The molecule has 1 atom stereocenters. The molecule has 1 aliphatic heterocycles. The van der Waals surface area contributed by atoms with Crippen LogP contribution in [0.5, 0.6) is 0 Å². The number of halogens is 2. The Balaban J connectivity index is 0.00000220. The molecular formula is C13H17Cl2N3O3. The molecule has 8 heteroatoms. The highest BCUT2D eigenvalue weighted by atomic mass is 35.5. The highest BCUT2D eigenvalue weighted by Crippen LogP contribution is 2.26. The maximum atomic E-state index is 12.1. The number of anilines is 2. The van der Waals surface area contributed by atoms with Crippen LogP contribution in [0.3, 0.4) is 0 Å². The van der Waals surface area contributed by atoms with E-state index in [1.54, 1.807) is 18.2 Å². The molecule has 1 aromatic rings. The smallest absolute Gasteiger partial charge is 0.254 e. The molecule has 0 saturated carbocycles. The van der Waals surface area contributed by atoms with E-state index in [9.17, 15) is 9.59 Å². The summed E-state index contributed by atoms with van der Waals surface area (Å²) in [5.74, 6) is -0.496. The van der Waals surface area contributed by atoms with Gasteiger partial charge >= 0.3 is 0 Å². The van der Waals surface area contributed by atoms with Gasteiger partial charge in [-0.1, -0.05) is 11.6 Å². The van der Waals surface area contributed by atoms with Gasteiger partial charge in [-0.3, -0.25) is 9.59 Å². The summed E-state index contributed by atoms with van der Waals surface area (Å²) in [6.07, 6.45) is -0.548. The molecule has 6 nitrogen and oxygen atoms in total. The molecule has 0 radical (unpaired) electrons. The molecule has 1 saturated heterocycles. The number of amides is 2. The summed E-state index contributed by atoms with van der Waals surface area (Å²) in [4.78, 5) is 23.2. The maximum absolute atomic E-state index is 12.1. The summed E-state index contributed by atoms with van der Waals surface area (Å²) in [5, 5.41) is 8.91. The van der Waals surface area contributed by atoms with Crippen molar-refractivity contribution in [3.8, 4) is 0 Å². The SMILES string of the molecule is CC(=O)Nc1ccc(Cl)cc1NC(=O)C1CNCCO1.Cl. The van der Waals surface area contributed by atoms with Gasteiger partial charge < -0.3 is 20.7 Å². The van der Waals surface area contributed by atoms with Crippen LogP contribution in [0, 0.1) is 0 Å². The molecule has 21 heavy (non-hydrogen) atoms. The average Bonchev–Trinajstić information content (AvgIpc) is 2.42. The molecule has 1 aromatic carbocycles. The van der Waals surface area contributed by atoms with Crippen LogP contribution in [-0.4, -0.2) is 37.6 Å². The van der Waals surface area contributed by atoms with Crippen LogP contribution >= 0.6 is 24.0 Å². The summed E-state index contributed by atoms with van der Waals surface area (Å²) >= 11 is 5.92. The van der Waals surface area contributed by atoms with Crippen LogP contribution in [0.1, 0.15) is 6.92 Å². The van der Waals surface area contributed by atoms with Crippen molar-refractivity contribution in [3.05, 3.63) is 23.2 Å². The lowest BCUT2D eigenvalue weighted by Crippen LogP contribution is -2.45. The number of hydrogen-bond donors (Lipinski definition) is 3. The Morgan fingerprint density at radius 1 is 1.33 bits per heavy atom. The van der Waals surface area contributed by atoms with Crippen LogP contribution in [-0.2, 0) is 14.3 Å². The van der Waals surface area contributed by atoms with E-state index in [1.165, 1.54) is 6.92 Å². The topological polar surface area (TPSA) is 79.5 Å². The van der Waals surface area contributed by atoms with E-state index in [0.717, 1.165) is 6.54 Å². The van der Waals surface area contributed by atoms with Crippen molar-refractivity contribution in [3.63, 3.8) is 0 Å². The monoisotopic (exact) mass is 333 g/mol. The number of benzene rings is 1. The van der Waals surface area contributed by atoms with Gasteiger partial charge in [0.25, 0.3) is 5.91 Å². The Labute approximate surface area is 134 Å². The molecule has 1 aliphatic rings. The molecule has 2 rings (SSSR count). The van der Waals surface area contributed by atoms with Gasteiger partial charge in [-0.05, 0) is 18.2 Å². The largest absolute Gasteiger partial charge is 0.366 e. The maximum Gasteiger partial charge on any atom is 0.254 e. The summed E-state index contributed by atoms with van der Waals surface area (Å²) in [6, 6.07) is 4.86. The minimum Gasteiger partial charge on any atom is -0.366 e. The van der Waals surface area contributed by atoms with E-state index in [-0.39, 0.29) is 24.2 Å². The van der Waals surface area contributed by atoms with E-state index < -0.39 is 6.10 Å². The second kappa shape index (κ2) is 8.19. The van der Waals surface area contributed by atoms with Crippen LogP contribution in [0.2, 0.25) is 5.02 Å². The first-order chi connectivity index (χ1) is 9.56. The van der Waals surface area contributed by atoms with Crippen LogP contribution in [0.4, 0.5) is 11.4 Å². The first-order valence-corrected chi connectivity index (χ1v) is 6.64. The third kappa shape index (κ3) is 5.17. The van der Waals surface area contributed by atoms with Crippen LogP contribution in [0.15, 0.2) is 18.2 Å². The quantitative estimate of drug-likeness (QED) is 0.785. The fraction of sp³-hybridized carbons (Fsp3) is 0.385. The average molecular weight is 334 g/mol. The molecule has 1 unspecified atom stereocenters. The minimum atomic E-state index is -0.548. The van der Waals surface area contributed by atoms with Crippen molar-refractivity contribution in [2.75, 3.05) is 30.3 Å². The Morgan fingerprint density at radius 3 is 2.71 bits per heavy atom. The van der Waals surface area contributed by atoms with Crippen molar-refractivity contribution in [2.45, 2.75) is 13.0 Å². The first-order valence-electron chi connectivity index (χ1n) is 6.26. The molecule has 0 bridgehead atoms. The van der Waals surface area contributed by atoms with E-state index in [4.69, 9.17) is 16.3 Å². The normalized spacial score (nSPS) is 17.5. The van der Waals surface area contributed by atoms with E-state index in [1.807, 2.05) is 0 Å². The standard InChI is InChI=1S/C13H16ClN3O3.ClH/c1-8(18)16-10-3-2-9(14)6-11(10)17-13(19)12-7-15-4-5-20-12;/h2-3,6,12,15H,4-5,7H2,1H3,(H,16,18)(H,17,19);1H. The summed E-state index contributed by atoms with van der Waals surface area (Å²) in [6.45, 7) is 3.08. The van der Waals surface area contributed by atoms with Gasteiger partial charge in [-0.2, -0.15) is 0 Å². The zero-order chi connectivity index (χ0) is 14.5.